The number of nitrogens with zero attached hydrogens (tertiary/aromatic N) is 2. The van der Waals surface area contributed by atoms with Gasteiger partial charge in [0.2, 0.25) is 0 Å². The molecule has 0 aliphatic heterocycles. The molecule has 0 spiro atoms. The zero-order valence-corrected chi connectivity index (χ0v) is 15.1. The van der Waals surface area contributed by atoms with Gasteiger partial charge in [-0.2, -0.15) is 0 Å². The molecule has 8 heteroatoms. The summed E-state index contributed by atoms with van der Waals surface area (Å²) in [5.41, 5.74) is 0.596. The molecule has 0 saturated carbocycles. The fraction of sp³-hybridized carbons (Fsp3) is 0.222. The van der Waals surface area contributed by atoms with E-state index in [0.29, 0.717) is 24.3 Å². The van der Waals surface area contributed by atoms with E-state index in [1.165, 1.54) is 12.1 Å². The third-order valence-corrected chi connectivity index (χ3v) is 4.15. The summed E-state index contributed by atoms with van der Waals surface area (Å²) in [5, 5.41) is 13.6. The first-order valence-corrected chi connectivity index (χ1v) is 8.39. The molecule has 2 aromatic rings. The van der Waals surface area contributed by atoms with Crippen LogP contribution in [-0.4, -0.2) is 34.7 Å². The maximum Gasteiger partial charge on any atom is 0.270 e. The molecule has 2 rings (SSSR count). The molecule has 2 aromatic carbocycles. The van der Waals surface area contributed by atoms with Crippen molar-refractivity contribution < 1.29 is 14.5 Å². The molecule has 0 aromatic heterocycles. The molecular formula is C18H18ClN3O4. The number of hydrogen-bond donors (Lipinski definition) is 1. The van der Waals surface area contributed by atoms with Crippen LogP contribution < -0.4 is 5.32 Å². The van der Waals surface area contributed by atoms with Crippen LogP contribution in [-0.2, 0) is 0 Å². The van der Waals surface area contributed by atoms with Crippen LogP contribution in [0.5, 0.6) is 0 Å². The normalized spacial score (nSPS) is 10.3. The van der Waals surface area contributed by atoms with Gasteiger partial charge in [0.1, 0.15) is 0 Å². The third-order valence-electron chi connectivity index (χ3n) is 3.82. The number of benzene rings is 2. The number of nitrogens with one attached hydrogen (secondary N) is 1. The minimum absolute atomic E-state index is 0.0126. The van der Waals surface area contributed by atoms with Crippen molar-refractivity contribution in [3.63, 3.8) is 0 Å². The van der Waals surface area contributed by atoms with Gasteiger partial charge in [-0.1, -0.05) is 17.7 Å². The van der Waals surface area contributed by atoms with E-state index in [9.17, 15) is 19.7 Å². The Morgan fingerprint density at radius 1 is 1.15 bits per heavy atom. The average Bonchev–Trinajstić information content (AvgIpc) is 2.62. The van der Waals surface area contributed by atoms with E-state index in [2.05, 4.69) is 5.32 Å². The summed E-state index contributed by atoms with van der Waals surface area (Å²) in [6.45, 7) is 4.93. The van der Waals surface area contributed by atoms with Crippen molar-refractivity contribution in [1.82, 2.24) is 4.90 Å². The Hall–Kier alpha value is -2.93. The summed E-state index contributed by atoms with van der Waals surface area (Å²) in [6, 6.07) is 10.1. The lowest BCUT2D eigenvalue weighted by Gasteiger charge is -2.19. The van der Waals surface area contributed by atoms with Crippen LogP contribution in [0.4, 0.5) is 11.4 Å². The van der Waals surface area contributed by atoms with Crippen LogP contribution in [0.2, 0.25) is 5.02 Å². The van der Waals surface area contributed by atoms with Gasteiger partial charge in [0.05, 0.1) is 15.5 Å². The number of carbonyl (C=O) groups is 2. The van der Waals surface area contributed by atoms with Crippen LogP contribution in [0.3, 0.4) is 0 Å². The van der Waals surface area contributed by atoms with Gasteiger partial charge in [-0.05, 0) is 38.1 Å². The Morgan fingerprint density at radius 3 is 2.46 bits per heavy atom. The molecule has 0 atom stereocenters. The highest BCUT2D eigenvalue weighted by Crippen LogP contribution is 2.23. The number of anilines is 1. The first-order valence-electron chi connectivity index (χ1n) is 8.02. The topological polar surface area (TPSA) is 92.6 Å². The van der Waals surface area contributed by atoms with E-state index in [4.69, 9.17) is 11.6 Å². The zero-order valence-electron chi connectivity index (χ0n) is 14.4. The van der Waals surface area contributed by atoms with Crippen molar-refractivity contribution in [3.05, 3.63) is 68.7 Å². The molecule has 0 saturated heterocycles. The van der Waals surface area contributed by atoms with Crippen LogP contribution in [0, 0.1) is 10.1 Å². The molecule has 0 heterocycles. The number of hydrogen-bond acceptors (Lipinski definition) is 4. The summed E-state index contributed by atoms with van der Waals surface area (Å²) in [5.74, 6) is -0.731. The van der Waals surface area contributed by atoms with E-state index in [0.717, 1.165) is 6.07 Å². The first kappa shape index (κ1) is 19.4. The van der Waals surface area contributed by atoms with E-state index in [1.807, 2.05) is 13.8 Å². The summed E-state index contributed by atoms with van der Waals surface area (Å²) < 4.78 is 0. The van der Waals surface area contributed by atoms with Crippen molar-refractivity contribution in [2.45, 2.75) is 13.8 Å². The van der Waals surface area contributed by atoms with E-state index in [-0.39, 0.29) is 22.2 Å². The van der Waals surface area contributed by atoms with Crippen LogP contribution in [0.25, 0.3) is 0 Å². The second-order valence-corrected chi connectivity index (χ2v) is 5.84. The molecular weight excluding hydrogens is 358 g/mol. The monoisotopic (exact) mass is 375 g/mol. The Bertz CT molecular complexity index is 850. The standard InChI is InChI=1S/C18H18ClN3O4/c1-3-21(4-2)18(24)12-6-5-7-13(10-12)20-17(23)15-11-14(22(25)26)8-9-16(15)19/h5-11H,3-4H2,1-2H3,(H,20,23). The fourth-order valence-electron chi connectivity index (χ4n) is 2.42. The van der Waals surface area contributed by atoms with Crippen LogP contribution in [0.1, 0.15) is 34.6 Å². The quantitative estimate of drug-likeness (QED) is 0.610. The van der Waals surface area contributed by atoms with E-state index < -0.39 is 10.8 Å². The maximum absolute atomic E-state index is 12.4. The molecule has 0 aliphatic rings. The van der Waals surface area contributed by atoms with Gasteiger partial charge in [0.25, 0.3) is 17.5 Å². The van der Waals surface area contributed by atoms with Crippen LogP contribution >= 0.6 is 11.6 Å². The van der Waals surface area contributed by atoms with Gasteiger partial charge in [0, 0.05) is 36.5 Å². The number of rotatable bonds is 6. The number of non-ortho nitro benzene ring substituents is 1. The lowest BCUT2D eigenvalue weighted by Crippen LogP contribution is -2.30. The van der Waals surface area contributed by atoms with Gasteiger partial charge in [0.15, 0.2) is 0 Å². The van der Waals surface area contributed by atoms with Crippen molar-refractivity contribution in [2.24, 2.45) is 0 Å². The predicted octanol–water partition coefficient (Wildman–Crippen LogP) is 3.98. The molecule has 0 aliphatic carbocycles. The highest BCUT2D eigenvalue weighted by atomic mass is 35.5. The molecule has 0 bridgehead atoms. The largest absolute Gasteiger partial charge is 0.339 e. The second kappa shape index (κ2) is 8.44. The fourth-order valence-corrected chi connectivity index (χ4v) is 2.63. The number of amides is 2. The number of carbonyl (C=O) groups excluding carboxylic acids is 2. The van der Waals surface area contributed by atoms with Gasteiger partial charge in [-0.3, -0.25) is 19.7 Å². The van der Waals surface area contributed by atoms with Crippen molar-refractivity contribution in [2.75, 3.05) is 18.4 Å². The lowest BCUT2D eigenvalue weighted by atomic mass is 10.1. The predicted molar refractivity (Wildman–Crippen MR) is 99.8 cm³/mol. The Morgan fingerprint density at radius 2 is 1.85 bits per heavy atom. The molecule has 1 N–H and O–H groups in total. The second-order valence-electron chi connectivity index (χ2n) is 5.43. The molecule has 2 amide bonds. The zero-order chi connectivity index (χ0) is 19.3. The number of nitro groups is 1. The van der Waals surface area contributed by atoms with Gasteiger partial charge in [-0.15, -0.1) is 0 Å². The van der Waals surface area contributed by atoms with Crippen molar-refractivity contribution in [3.8, 4) is 0 Å². The van der Waals surface area contributed by atoms with Crippen molar-refractivity contribution in [1.29, 1.82) is 0 Å². The number of nitro benzene ring substituents is 1. The Kier molecular flexibility index (Phi) is 6.30. The molecule has 0 unspecified atom stereocenters. The summed E-state index contributed by atoms with van der Waals surface area (Å²) in [7, 11) is 0. The third kappa shape index (κ3) is 4.37. The Balaban J connectivity index is 2.25. The average molecular weight is 376 g/mol. The minimum atomic E-state index is -0.601. The molecule has 26 heavy (non-hydrogen) atoms. The van der Waals surface area contributed by atoms with E-state index >= 15 is 0 Å². The molecule has 0 radical (unpaired) electrons. The summed E-state index contributed by atoms with van der Waals surface area (Å²) in [4.78, 5) is 36.8. The molecule has 0 fully saturated rings. The lowest BCUT2D eigenvalue weighted by molar-refractivity contribution is -0.384. The first-order chi connectivity index (χ1) is 12.4. The van der Waals surface area contributed by atoms with Crippen LogP contribution in [0.15, 0.2) is 42.5 Å². The summed E-state index contributed by atoms with van der Waals surface area (Å²) in [6.07, 6.45) is 0. The minimum Gasteiger partial charge on any atom is -0.339 e. The Labute approximate surface area is 155 Å². The maximum atomic E-state index is 12.4. The SMILES string of the molecule is CCN(CC)C(=O)c1cccc(NC(=O)c2cc([N+](=O)[O-])ccc2Cl)c1. The van der Waals surface area contributed by atoms with Gasteiger partial charge < -0.3 is 10.2 Å². The smallest absolute Gasteiger partial charge is 0.270 e. The van der Waals surface area contributed by atoms with Gasteiger partial charge >= 0.3 is 0 Å². The van der Waals surface area contributed by atoms with Crippen molar-refractivity contribution >= 4 is 34.8 Å². The van der Waals surface area contributed by atoms with E-state index in [1.54, 1.807) is 29.2 Å². The highest BCUT2D eigenvalue weighted by molar-refractivity contribution is 6.34. The summed E-state index contributed by atoms with van der Waals surface area (Å²) >= 11 is 5.98. The molecule has 7 nitrogen and oxygen atoms in total. The highest BCUT2D eigenvalue weighted by Gasteiger charge is 2.17. The van der Waals surface area contributed by atoms with Gasteiger partial charge in [-0.25, -0.2) is 0 Å². The molecule has 136 valence electrons. The number of halogens is 1.